The number of thiophene rings is 1. The number of anilines is 1. The van der Waals surface area contributed by atoms with Crippen LogP contribution in [0.15, 0.2) is 36.5 Å². The first-order valence-corrected chi connectivity index (χ1v) is 6.85. The summed E-state index contributed by atoms with van der Waals surface area (Å²) in [4.78, 5) is 12.6. The second-order valence-electron chi connectivity index (χ2n) is 4.14. The van der Waals surface area contributed by atoms with E-state index in [2.05, 4.69) is 26.8 Å². The SMILES string of the molecule is C=Cc1nc(NCc2cncc(F)c2)nc2ccsc12. The van der Waals surface area contributed by atoms with Crippen molar-refractivity contribution in [1.29, 1.82) is 0 Å². The van der Waals surface area contributed by atoms with E-state index in [1.54, 1.807) is 23.6 Å². The zero-order valence-corrected chi connectivity index (χ0v) is 11.3. The summed E-state index contributed by atoms with van der Waals surface area (Å²) < 4.78 is 14.1. The maximum Gasteiger partial charge on any atom is 0.224 e. The molecule has 100 valence electrons. The minimum atomic E-state index is -0.356. The van der Waals surface area contributed by atoms with E-state index in [9.17, 15) is 4.39 Å². The molecule has 4 nitrogen and oxygen atoms in total. The minimum Gasteiger partial charge on any atom is -0.350 e. The lowest BCUT2D eigenvalue weighted by Gasteiger charge is -2.06. The summed E-state index contributed by atoms with van der Waals surface area (Å²) in [6.45, 7) is 4.17. The maximum absolute atomic E-state index is 13.0. The molecule has 0 radical (unpaired) electrons. The van der Waals surface area contributed by atoms with Gasteiger partial charge in [0.25, 0.3) is 0 Å². The van der Waals surface area contributed by atoms with E-state index in [0.717, 1.165) is 21.5 Å². The molecule has 1 N–H and O–H groups in total. The monoisotopic (exact) mass is 286 g/mol. The fraction of sp³-hybridized carbons (Fsp3) is 0.0714. The van der Waals surface area contributed by atoms with Gasteiger partial charge in [-0.05, 0) is 29.2 Å². The highest BCUT2D eigenvalue weighted by Crippen LogP contribution is 2.24. The Hall–Kier alpha value is -2.34. The van der Waals surface area contributed by atoms with Gasteiger partial charge in [0.05, 0.1) is 22.1 Å². The molecule has 20 heavy (non-hydrogen) atoms. The highest BCUT2D eigenvalue weighted by atomic mass is 32.1. The van der Waals surface area contributed by atoms with E-state index in [0.29, 0.717) is 12.5 Å². The smallest absolute Gasteiger partial charge is 0.224 e. The second kappa shape index (κ2) is 5.34. The zero-order valence-electron chi connectivity index (χ0n) is 10.5. The number of rotatable bonds is 4. The highest BCUT2D eigenvalue weighted by Gasteiger charge is 2.06. The number of halogens is 1. The first kappa shape index (κ1) is 12.7. The van der Waals surface area contributed by atoms with Crippen molar-refractivity contribution in [1.82, 2.24) is 15.0 Å². The molecular formula is C14H11FN4S. The molecule has 3 aromatic heterocycles. The van der Waals surface area contributed by atoms with Crippen molar-refractivity contribution < 1.29 is 4.39 Å². The molecule has 0 aliphatic heterocycles. The van der Waals surface area contributed by atoms with Crippen LogP contribution in [0.3, 0.4) is 0 Å². The van der Waals surface area contributed by atoms with Crippen LogP contribution in [0.2, 0.25) is 0 Å². The van der Waals surface area contributed by atoms with Crippen LogP contribution in [0.4, 0.5) is 10.3 Å². The molecule has 0 spiro atoms. The van der Waals surface area contributed by atoms with Crippen molar-refractivity contribution in [3.63, 3.8) is 0 Å². The third-order valence-corrected chi connectivity index (χ3v) is 3.66. The number of aromatic nitrogens is 3. The van der Waals surface area contributed by atoms with Crippen LogP contribution in [-0.4, -0.2) is 15.0 Å². The number of fused-ring (bicyclic) bond motifs is 1. The lowest BCUT2D eigenvalue weighted by Crippen LogP contribution is -2.05. The van der Waals surface area contributed by atoms with Crippen LogP contribution >= 0.6 is 11.3 Å². The Morgan fingerprint density at radius 1 is 1.35 bits per heavy atom. The molecule has 0 saturated carbocycles. The molecule has 0 bridgehead atoms. The summed E-state index contributed by atoms with van der Waals surface area (Å²) in [7, 11) is 0. The summed E-state index contributed by atoms with van der Waals surface area (Å²) in [6.07, 6.45) is 4.48. The Labute approximate surface area is 119 Å². The predicted octanol–water partition coefficient (Wildman–Crippen LogP) is 3.48. The Balaban J connectivity index is 1.85. The van der Waals surface area contributed by atoms with Crippen molar-refractivity contribution in [3.05, 3.63) is 53.6 Å². The van der Waals surface area contributed by atoms with Gasteiger partial charge in [0.1, 0.15) is 5.82 Å². The number of hydrogen-bond donors (Lipinski definition) is 1. The minimum absolute atomic E-state index is 0.356. The molecule has 3 aromatic rings. The average Bonchev–Trinajstić information content (AvgIpc) is 2.92. The zero-order chi connectivity index (χ0) is 13.9. The first-order chi connectivity index (χ1) is 9.76. The summed E-state index contributed by atoms with van der Waals surface area (Å²) >= 11 is 1.58. The quantitative estimate of drug-likeness (QED) is 0.797. The van der Waals surface area contributed by atoms with Gasteiger partial charge in [-0.25, -0.2) is 14.4 Å². The van der Waals surface area contributed by atoms with E-state index in [1.807, 2.05) is 11.4 Å². The van der Waals surface area contributed by atoms with Crippen molar-refractivity contribution in [2.75, 3.05) is 5.32 Å². The average molecular weight is 286 g/mol. The molecule has 0 aliphatic carbocycles. The van der Waals surface area contributed by atoms with Crippen LogP contribution in [-0.2, 0) is 6.54 Å². The molecule has 0 aromatic carbocycles. The van der Waals surface area contributed by atoms with Crippen LogP contribution in [0.1, 0.15) is 11.3 Å². The van der Waals surface area contributed by atoms with Crippen LogP contribution in [0.5, 0.6) is 0 Å². The van der Waals surface area contributed by atoms with Gasteiger partial charge in [-0.15, -0.1) is 11.3 Å². The van der Waals surface area contributed by atoms with Gasteiger partial charge < -0.3 is 5.32 Å². The molecule has 0 atom stereocenters. The highest BCUT2D eigenvalue weighted by molar-refractivity contribution is 7.17. The molecular weight excluding hydrogens is 275 g/mol. The second-order valence-corrected chi connectivity index (χ2v) is 5.05. The lowest BCUT2D eigenvalue weighted by atomic mass is 10.3. The Kier molecular flexibility index (Phi) is 3.39. The Bertz CT molecular complexity index is 769. The molecule has 0 amide bonds. The summed E-state index contributed by atoms with van der Waals surface area (Å²) in [5.74, 6) is 0.139. The van der Waals surface area contributed by atoms with Gasteiger partial charge in [-0.1, -0.05) is 6.58 Å². The van der Waals surface area contributed by atoms with E-state index < -0.39 is 0 Å². The van der Waals surface area contributed by atoms with E-state index in [-0.39, 0.29) is 5.82 Å². The normalized spacial score (nSPS) is 10.7. The van der Waals surface area contributed by atoms with E-state index in [1.165, 1.54) is 12.3 Å². The summed E-state index contributed by atoms with van der Waals surface area (Å²) in [5, 5.41) is 5.04. The van der Waals surface area contributed by atoms with Gasteiger partial charge >= 0.3 is 0 Å². The summed E-state index contributed by atoms with van der Waals surface area (Å²) in [6, 6.07) is 3.36. The van der Waals surface area contributed by atoms with Crippen molar-refractivity contribution >= 4 is 33.6 Å². The van der Waals surface area contributed by atoms with E-state index in [4.69, 9.17) is 0 Å². The standard InChI is InChI=1S/C14H11FN4S/c1-2-11-13-12(3-4-20-13)19-14(18-11)17-7-9-5-10(15)8-16-6-9/h2-6,8H,1,7H2,(H,17,18,19). The first-order valence-electron chi connectivity index (χ1n) is 5.97. The van der Waals surface area contributed by atoms with Crippen molar-refractivity contribution in [3.8, 4) is 0 Å². The fourth-order valence-electron chi connectivity index (χ4n) is 1.84. The molecule has 0 fully saturated rings. The molecule has 6 heteroatoms. The molecule has 3 heterocycles. The van der Waals surface area contributed by atoms with Crippen LogP contribution < -0.4 is 5.32 Å². The van der Waals surface area contributed by atoms with Gasteiger partial charge in [0.2, 0.25) is 5.95 Å². The lowest BCUT2D eigenvalue weighted by molar-refractivity contribution is 0.619. The molecule has 0 aliphatic rings. The third kappa shape index (κ3) is 2.50. The van der Waals surface area contributed by atoms with Crippen LogP contribution in [0.25, 0.3) is 16.3 Å². The van der Waals surface area contributed by atoms with Gasteiger partial charge in [-0.3, -0.25) is 4.98 Å². The van der Waals surface area contributed by atoms with Gasteiger partial charge in [0, 0.05) is 12.7 Å². The summed E-state index contributed by atoms with van der Waals surface area (Å²) in [5.41, 5.74) is 2.41. The molecule has 0 saturated heterocycles. The molecule has 0 unspecified atom stereocenters. The Morgan fingerprint density at radius 2 is 2.25 bits per heavy atom. The van der Waals surface area contributed by atoms with Crippen LogP contribution in [0, 0.1) is 5.82 Å². The van der Waals surface area contributed by atoms with E-state index >= 15 is 0 Å². The number of hydrogen-bond acceptors (Lipinski definition) is 5. The molecule has 3 rings (SSSR count). The van der Waals surface area contributed by atoms with Crippen molar-refractivity contribution in [2.24, 2.45) is 0 Å². The van der Waals surface area contributed by atoms with Gasteiger partial charge in [-0.2, -0.15) is 0 Å². The predicted molar refractivity (Wildman–Crippen MR) is 79.0 cm³/mol. The number of pyridine rings is 1. The third-order valence-electron chi connectivity index (χ3n) is 2.74. The van der Waals surface area contributed by atoms with Crippen molar-refractivity contribution in [2.45, 2.75) is 6.54 Å². The van der Waals surface area contributed by atoms with Gasteiger partial charge in [0.15, 0.2) is 0 Å². The number of nitrogens with one attached hydrogen (secondary N) is 1. The largest absolute Gasteiger partial charge is 0.350 e. The Morgan fingerprint density at radius 3 is 3.05 bits per heavy atom. The fourth-order valence-corrected chi connectivity index (χ4v) is 2.65. The topological polar surface area (TPSA) is 50.7 Å². The maximum atomic E-state index is 13.0. The number of nitrogens with zero attached hydrogens (tertiary/aromatic N) is 3.